The van der Waals surface area contributed by atoms with E-state index in [4.69, 9.17) is 0 Å². The van der Waals surface area contributed by atoms with Gasteiger partial charge in [-0.25, -0.2) is 0 Å². The van der Waals surface area contributed by atoms with Gasteiger partial charge < -0.3 is 15.1 Å². The number of fused-ring (bicyclic) bond motifs is 1. The molecule has 0 saturated carbocycles. The summed E-state index contributed by atoms with van der Waals surface area (Å²) in [7, 11) is 6.32. The smallest absolute Gasteiger partial charge is 0.0387 e. The lowest BCUT2D eigenvalue weighted by atomic mass is 10.1. The van der Waals surface area contributed by atoms with Crippen molar-refractivity contribution in [2.45, 2.75) is 6.54 Å². The molecule has 1 N–H and O–H groups in total. The first-order valence-electron chi connectivity index (χ1n) is 5.39. The zero-order valence-electron chi connectivity index (χ0n) is 9.75. The van der Waals surface area contributed by atoms with Crippen LogP contribution in [0.3, 0.4) is 0 Å². The maximum atomic E-state index is 3.46. The zero-order chi connectivity index (χ0) is 10.8. The molecular formula is C12H19N3. The van der Waals surface area contributed by atoms with E-state index in [1.807, 2.05) is 0 Å². The third-order valence-electron chi connectivity index (χ3n) is 2.85. The highest BCUT2D eigenvalue weighted by molar-refractivity contribution is 5.60. The molecule has 1 aromatic rings. The van der Waals surface area contributed by atoms with Crippen LogP contribution in [0.25, 0.3) is 0 Å². The van der Waals surface area contributed by atoms with Gasteiger partial charge in [-0.1, -0.05) is 0 Å². The number of anilines is 2. The lowest BCUT2D eigenvalue weighted by Gasteiger charge is -2.17. The van der Waals surface area contributed by atoms with Crippen molar-refractivity contribution in [1.29, 1.82) is 0 Å². The standard InChI is InChI=1S/C12H19N3/c1-14(2)11-4-5-12-10(8-11)9-15(3)7-6-13-12/h4-5,8,13H,6-7,9H2,1-3H3. The Labute approximate surface area is 91.7 Å². The fourth-order valence-electron chi connectivity index (χ4n) is 1.91. The molecule has 3 heteroatoms. The summed E-state index contributed by atoms with van der Waals surface area (Å²) in [6.45, 7) is 3.17. The van der Waals surface area contributed by atoms with Gasteiger partial charge in [0.1, 0.15) is 0 Å². The van der Waals surface area contributed by atoms with Gasteiger partial charge in [0.15, 0.2) is 0 Å². The van der Waals surface area contributed by atoms with Crippen LogP contribution < -0.4 is 10.2 Å². The van der Waals surface area contributed by atoms with Crippen molar-refractivity contribution in [1.82, 2.24) is 4.90 Å². The summed E-state index contributed by atoms with van der Waals surface area (Å²) in [6.07, 6.45) is 0. The Kier molecular flexibility index (Phi) is 2.82. The molecule has 2 rings (SSSR count). The Morgan fingerprint density at radius 1 is 1.33 bits per heavy atom. The quantitative estimate of drug-likeness (QED) is 0.751. The molecule has 82 valence electrons. The highest BCUT2D eigenvalue weighted by Gasteiger charge is 2.11. The second kappa shape index (κ2) is 4.11. The van der Waals surface area contributed by atoms with Gasteiger partial charge in [0.2, 0.25) is 0 Å². The number of hydrogen-bond acceptors (Lipinski definition) is 3. The van der Waals surface area contributed by atoms with Crippen molar-refractivity contribution in [3.8, 4) is 0 Å². The Morgan fingerprint density at radius 3 is 2.87 bits per heavy atom. The largest absolute Gasteiger partial charge is 0.383 e. The summed E-state index contributed by atoms with van der Waals surface area (Å²) < 4.78 is 0. The minimum atomic E-state index is 1.03. The minimum absolute atomic E-state index is 1.03. The third kappa shape index (κ3) is 2.23. The van der Waals surface area contributed by atoms with Gasteiger partial charge in [-0.3, -0.25) is 0 Å². The van der Waals surface area contributed by atoms with Gasteiger partial charge in [-0.2, -0.15) is 0 Å². The molecule has 0 saturated heterocycles. The first-order valence-corrected chi connectivity index (χ1v) is 5.39. The van der Waals surface area contributed by atoms with Crippen molar-refractivity contribution >= 4 is 11.4 Å². The molecule has 0 aromatic heterocycles. The van der Waals surface area contributed by atoms with E-state index in [1.165, 1.54) is 16.9 Å². The minimum Gasteiger partial charge on any atom is -0.383 e. The molecule has 1 aromatic carbocycles. The summed E-state index contributed by atoms with van der Waals surface area (Å²) >= 11 is 0. The van der Waals surface area contributed by atoms with Crippen LogP contribution in [0.2, 0.25) is 0 Å². The fourth-order valence-corrected chi connectivity index (χ4v) is 1.91. The van der Waals surface area contributed by atoms with E-state index < -0.39 is 0 Å². The second-order valence-corrected chi connectivity index (χ2v) is 4.40. The van der Waals surface area contributed by atoms with E-state index in [9.17, 15) is 0 Å². The van der Waals surface area contributed by atoms with E-state index >= 15 is 0 Å². The predicted octanol–water partition coefficient (Wildman–Crippen LogP) is 1.61. The van der Waals surface area contributed by atoms with Crippen molar-refractivity contribution in [3.05, 3.63) is 23.8 Å². The first-order chi connectivity index (χ1) is 7.16. The van der Waals surface area contributed by atoms with Crippen molar-refractivity contribution in [2.75, 3.05) is 44.4 Å². The molecule has 1 aliphatic heterocycles. The third-order valence-corrected chi connectivity index (χ3v) is 2.85. The average molecular weight is 205 g/mol. The molecule has 0 atom stereocenters. The Bertz CT molecular complexity index is 347. The van der Waals surface area contributed by atoms with Gasteiger partial charge in [-0.15, -0.1) is 0 Å². The Hall–Kier alpha value is -1.22. The Balaban J connectivity index is 2.33. The van der Waals surface area contributed by atoms with E-state index in [0.717, 1.165) is 19.6 Å². The topological polar surface area (TPSA) is 18.5 Å². The van der Waals surface area contributed by atoms with Crippen LogP contribution in [0.15, 0.2) is 18.2 Å². The molecule has 1 heterocycles. The van der Waals surface area contributed by atoms with Gasteiger partial charge in [0.05, 0.1) is 0 Å². The van der Waals surface area contributed by atoms with Crippen molar-refractivity contribution in [2.24, 2.45) is 0 Å². The second-order valence-electron chi connectivity index (χ2n) is 4.40. The number of hydrogen-bond donors (Lipinski definition) is 1. The molecule has 0 fully saturated rings. The van der Waals surface area contributed by atoms with E-state index in [1.54, 1.807) is 0 Å². The highest BCUT2D eigenvalue weighted by Crippen LogP contribution is 2.24. The summed E-state index contributed by atoms with van der Waals surface area (Å²) in [5, 5.41) is 3.46. The molecule has 0 radical (unpaired) electrons. The molecule has 0 spiro atoms. The molecule has 0 bridgehead atoms. The lowest BCUT2D eigenvalue weighted by molar-refractivity contribution is 0.346. The molecular weight excluding hydrogens is 186 g/mol. The number of likely N-dealkylation sites (N-methyl/N-ethyl adjacent to an activating group) is 1. The number of benzene rings is 1. The first kappa shape index (κ1) is 10.3. The van der Waals surface area contributed by atoms with Crippen LogP contribution in [0, 0.1) is 0 Å². The maximum Gasteiger partial charge on any atom is 0.0387 e. The van der Waals surface area contributed by atoms with Crippen LogP contribution in [0.4, 0.5) is 11.4 Å². The van der Waals surface area contributed by atoms with Gasteiger partial charge >= 0.3 is 0 Å². The number of nitrogens with zero attached hydrogens (tertiary/aromatic N) is 2. The predicted molar refractivity (Wildman–Crippen MR) is 65.6 cm³/mol. The molecule has 0 unspecified atom stereocenters. The number of nitrogens with one attached hydrogen (secondary N) is 1. The lowest BCUT2D eigenvalue weighted by Crippen LogP contribution is -2.20. The van der Waals surface area contributed by atoms with Crippen molar-refractivity contribution < 1.29 is 0 Å². The summed E-state index contributed by atoms with van der Waals surface area (Å²) in [5.41, 5.74) is 3.94. The fraction of sp³-hybridized carbons (Fsp3) is 0.500. The Morgan fingerprint density at radius 2 is 2.13 bits per heavy atom. The molecule has 3 nitrogen and oxygen atoms in total. The van der Waals surface area contributed by atoms with Gasteiger partial charge in [-0.05, 0) is 30.8 Å². The molecule has 15 heavy (non-hydrogen) atoms. The zero-order valence-corrected chi connectivity index (χ0v) is 9.75. The monoisotopic (exact) mass is 205 g/mol. The highest BCUT2D eigenvalue weighted by atomic mass is 15.1. The van der Waals surface area contributed by atoms with E-state index in [2.05, 4.69) is 54.5 Å². The maximum absolute atomic E-state index is 3.46. The van der Waals surface area contributed by atoms with Gasteiger partial charge in [0.25, 0.3) is 0 Å². The average Bonchev–Trinajstić information content (AvgIpc) is 2.37. The van der Waals surface area contributed by atoms with E-state index in [-0.39, 0.29) is 0 Å². The SMILES string of the molecule is CN1CCNc2ccc(N(C)C)cc2C1. The summed E-state index contributed by atoms with van der Waals surface area (Å²) in [6, 6.07) is 6.62. The number of rotatable bonds is 1. The summed E-state index contributed by atoms with van der Waals surface area (Å²) in [4.78, 5) is 4.49. The summed E-state index contributed by atoms with van der Waals surface area (Å²) in [5.74, 6) is 0. The molecule has 0 aliphatic carbocycles. The van der Waals surface area contributed by atoms with Gasteiger partial charge in [0, 0.05) is 45.1 Å². The molecule has 1 aliphatic rings. The molecule has 0 amide bonds. The van der Waals surface area contributed by atoms with Crippen LogP contribution in [-0.2, 0) is 6.54 Å². The van der Waals surface area contributed by atoms with Crippen LogP contribution in [0.5, 0.6) is 0 Å². The van der Waals surface area contributed by atoms with Crippen LogP contribution in [-0.4, -0.2) is 39.1 Å². The normalized spacial score (nSPS) is 16.5. The van der Waals surface area contributed by atoms with Crippen LogP contribution >= 0.6 is 0 Å². The van der Waals surface area contributed by atoms with Crippen molar-refractivity contribution in [3.63, 3.8) is 0 Å². The van der Waals surface area contributed by atoms with Crippen LogP contribution in [0.1, 0.15) is 5.56 Å². The van der Waals surface area contributed by atoms with E-state index in [0.29, 0.717) is 0 Å².